The first-order valence-electron chi connectivity index (χ1n) is 3.42. The highest BCUT2D eigenvalue weighted by Gasteiger charge is 2.02. The summed E-state index contributed by atoms with van der Waals surface area (Å²) in [5, 5.41) is 9.20. The average Bonchev–Trinajstić information content (AvgIpc) is 1.89. The molecule has 0 aromatic heterocycles. The van der Waals surface area contributed by atoms with Crippen molar-refractivity contribution in [2.75, 3.05) is 0 Å². The summed E-state index contributed by atoms with van der Waals surface area (Å²) in [7, 11) is 0. The van der Waals surface area contributed by atoms with Crippen LogP contribution in [0, 0.1) is 0 Å². The van der Waals surface area contributed by atoms with Crippen molar-refractivity contribution in [3.8, 4) is 0 Å². The van der Waals surface area contributed by atoms with E-state index in [1.165, 1.54) is 0 Å². The van der Waals surface area contributed by atoms with Crippen LogP contribution in [0.5, 0.6) is 0 Å². The number of rotatable bonds is 1. The van der Waals surface area contributed by atoms with E-state index in [1.807, 2.05) is 6.08 Å². The van der Waals surface area contributed by atoms with Crippen LogP contribution in [0.4, 0.5) is 0 Å². The molecular weight excluding hydrogens is 112 g/mol. The number of hydrogen-bond donors (Lipinski definition) is 1. The van der Waals surface area contributed by atoms with Gasteiger partial charge in [-0.15, -0.1) is 0 Å². The predicted octanol–water partition coefficient (Wildman–Crippen LogP) is 2.56. The Morgan fingerprint density at radius 1 is 1.67 bits per heavy atom. The van der Waals surface area contributed by atoms with Crippen LogP contribution in [-0.2, 0) is 0 Å². The lowest BCUT2D eigenvalue weighted by Crippen LogP contribution is -1.91. The summed E-state index contributed by atoms with van der Waals surface area (Å²) in [6, 6.07) is 0. The van der Waals surface area contributed by atoms with E-state index in [2.05, 4.69) is 13.0 Å². The lowest BCUT2D eigenvalue weighted by molar-refractivity contribution is 0.380. The molecule has 0 saturated carbocycles. The van der Waals surface area contributed by atoms with Crippen molar-refractivity contribution in [1.29, 1.82) is 0 Å². The third-order valence-corrected chi connectivity index (χ3v) is 1.62. The molecule has 1 aliphatic carbocycles. The molecule has 0 fully saturated rings. The average molecular weight is 124 g/mol. The van der Waals surface area contributed by atoms with Gasteiger partial charge < -0.3 is 5.11 Å². The van der Waals surface area contributed by atoms with E-state index in [0.717, 1.165) is 24.8 Å². The lowest BCUT2D eigenvalue weighted by atomic mass is 10.0. The Morgan fingerprint density at radius 3 is 2.89 bits per heavy atom. The summed E-state index contributed by atoms with van der Waals surface area (Å²) >= 11 is 0. The van der Waals surface area contributed by atoms with Crippen LogP contribution < -0.4 is 0 Å². The maximum Gasteiger partial charge on any atom is 0.0957 e. The van der Waals surface area contributed by atoms with Crippen molar-refractivity contribution >= 4 is 0 Å². The van der Waals surface area contributed by atoms with Gasteiger partial charge in [0.2, 0.25) is 0 Å². The van der Waals surface area contributed by atoms with Crippen LogP contribution in [0.3, 0.4) is 0 Å². The third-order valence-electron chi connectivity index (χ3n) is 1.62. The maximum absolute atomic E-state index is 9.20. The van der Waals surface area contributed by atoms with Crippen LogP contribution in [0.15, 0.2) is 23.5 Å². The molecule has 0 aromatic carbocycles. The molecule has 1 nitrogen and oxygen atoms in total. The van der Waals surface area contributed by atoms with Crippen LogP contribution in [-0.4, -0.2) is 5.11 Å². The normalized spacial score (nSPS) is 18.8. The van der Waals surface area contributed by atoms with Crippen molar-refractivity contribution in [1.82, 2.24) is 0 Å². The topological polar surface area (TPSA) is 20.2 Å². The third kappa shape index (κ3) is 1.35. The van der Waals surface area contributed by atoms with Crippen LogP contribution in [0.25, 0.3) is 0 Å². The Morgan fingerprint density at radius 2 is 2.44 bits per heavy atom. The SMILES string of the molecule is CCC1=C(O)CCC=C1. The molecule has 0 unspecified atom stereocenters. The molecular formula is C8H12O. The molecule has 0 saturated heterocycles. The highest BCUT2D eigenvalue weighted by Crippen LogP contribution is 2.18. The van der Waals surface area contributed by atoms with E-state index in [0.29, 0.717) is 5.76 Å². The molecule has 1 rings (SSSR count). The standard InChI is InChI=1S/C8H12O/c1-2-7-5-3-4-6-8(7)9/h3,5,9H,2,4,6H2,1H3. The fraction of sp³-hybridized carbons (Fsp3) is 0.500. The molecule has 0 atom stereocenters. The van der Waals surface area contributed by atoms with Crippen molar-refractivity contribution in [2.24, 2.45) is 0 Å². The molecule has 1 aliphatic rings. The second kappa shape index (κ2) is 2.72. The fourth-order valence-electron chi connectivity index (χ4n) is 1.02. The van der Waals surface area contributed by atoms with Gasteiger partial charge in [-0.25, -0.2) is 0 Å². The van der Waals surface area contributed by atoms with Crippen molar-refractivity contribution < 1.29 is 5.11 Å². The zero-order valence-electron chi connectivity index (χ0n) is 5.72. The summed E-state index contributed by atoms with van der Waals surface area (Å²) in [4.78, 5) is 0. The minimum atomic E-state index is 0.583. The molecule has 1 heteroatoms. The Bertz CT molecular complexity index is 154. The Kier molecular flexibility index (Phi) is 1.93. The molecule has 0 bridgehead atoms. The first-order valence-corrected chi connectivity index (χ1v) is 3.42. The fourth-order valence-corrected chi connectivity index (χ4v) is 1.02. The van der Waals surface area contributed by atoms with Gasteiger partial charge >= 0.3 is 0 Å². The highest BCUT2D eigenvalue weighted by molar-refractivity contribution is 5.24. The Balaban J connectivity index is 2.72. The molecule has 0 heterocycles. The lowest BCUT2D eigenvalue weighted by Gasteiger charge is -2.07. The van der Waals surface area contributed by atoms with Crippen molar-refractivity contribution in [3.05, 3.63) is 23.5 Å². The van der Waals surface area contributed by atoms with Gasteiger partial charge in [0, 0.05) is 6.42 Å². The predicted molar refractivity (Wildman–Crippen MR) is 38.3 cm³/mol. The quantitative estimate of drug-likeness (QED) is 0.569. The second-order valence-corrected chi connectivity index (χ2v) is 2.27. The van der Waals surface area contributed by atoms with E-state index in [4.69, 9.17) is 0 Å². The van der Waals surface area contributed by atoms with Crippen molar-refractivity contribution in [3.63, 3.8) is 0 Å². The van der Waals surface area contributed by atoms with E-state index < -0.39 is 0 Å². The first-order chi connectivity index (χ1) is 4.34. The van der Waals surface area contributed by atoms with Gasteiger partial charge in [-0.3, -0.25) is 0 Å². The molecule has 1 N–H and O–H groups in total. The zero-order chi connectivity index (χ0) is 6.69. The number of aliphatic hydroxyl groups is 1. The molecule has 50 valence electrons. The van der Waals surface area contributed by atoms with E-state index in [9.17, 15) is 5.11 Å². The minimum Gasteiger partial charge on any atom is -0.512 e. The van der Waals surface area contributed by atoms with Crippen LogP contribution in [0.1, 0.15) is 26.2 Å². The smallest absolute Gasteiger partial charge is 0.0957 e. The van der Waals surface area contributed by atoms with Gasteiger partial charge in [-0.2, -0.15) is 0 Å². The monoisotopic (exact) mass is 124 g/mol. The summed E-state index contributed by atoms with van der Waals surface area (Å²) < 4.78 is 0. The van der Waals surface area contributed by atoms with Gasteiger partial charge in [-0.05, 0) is 18.4 Å². The zero-order valence-corrected chi connectivity index (χ0v) is 5.72. The maximum atomic E-state index is 9.20. The molecule has 0 spiro atoms. The van der Waals surface area contributed by atoms with E-state index >= 15 is 0 Å². The van der Waals surface area contributed by atoms with Gasteiger partial charge in [0.25, 0.3) is 0 Å². The second-order valence-electron chi connectivity index (χ2n) is 2.27. The molecule has 0 amide bonds. The number of hydrogen-bond acceptors (Lipinski definition) is 1. The molecule has 0 radical (unpaired) electrons. The van der Waals surface area contributed by atoms with Gasteiger partial charge in [-0.1, -0.05) is 19.1 Å². The van der Waals surface area contributed by atoms with E-state index in [-0.39, 0.29) is 0 Å². The van der Waals surface area contributed by atoms with E-state index in [1.54, 1.807) is 0 Å². The number of aliphatic hydroxyl groups excluding tert-OH is 1. The Hall–Kier alpha value is -0.720. The summed E-state index contributed by atoms with van der Waals surface area (Å²) in [6.45, 7) is 2.06. The summed E-state index contributed by atoms with van der Waals surface area (Å²) in [5.74, 6) is 0.583. The molecule has 0 aliphatic heterocycles. The minimum absolute atomic E-state index is 0.583. The molecule has 9 heavy (non-hydrogen) atoms. The molecule has 0 aromatic rings. The first kappa shape index (κ1) is 6.40. The number of allylic oxidation sites excluding steroid dienone is 4. The summed E-state index contributed by atoms with van der Waals surface area (Å²) in [5.41, 5.74) is 1.10. The summed E-state index contributed by atoms with van der Waals surface area (Å²) in [6.07, 6.45) is 6.90. The largest absolute Gasteiger partial charge is 0.512 e. The van der Waals surface area contributed by atoms with Crippen LogP contribution in [0.2, 0.25) is 0 Å². The van der Waals surface area contributed by atoms with Gasteiger partial charge in [0.1, 0.15) is 0 Å². The van der Waals surface area contributed by atoms with Crippen molar-refractivity contribution in [2.45, 2.75) is 26.2 Å². The Labute approximate surface area is 55.7 Å². The highest BCUT2D eigenvalue weighted by atomic mass is 16.3. The van der Waals surface area contributed by atoms with Gasteiger partial charge in [0.05, 0.1) is 5.76 Å². The van der Waals surface area contributed by atoms with Gasteiger partial charge in [0.15, 0.2) is 0 Å². The van der Waals surface area contributed by atoms with Crippen LogP contribution >= 0.6 is 0 Å².